The average molecular weight is 411 g/mol. The van der Waals surface area contributed by atoms with E-state index in [2.05, 4.69) is 15.5 Å². The topological polar surface area (TPSA) is 89.1 Å². The first kappa shape index (κ1) is 20.2. The Morgan fingerprint density at radius 2 is 1.53 bits per heavy atom. The van der Waals surface area contributed by atoms with Crippen LogP contribution in [0, 0.1) is 0 Å². The zero-order valence-electron chi connectivity index (χ0n) is 16.7. The molecule has 0 atom stereocenters. The van der Waals surface area contributed by atoms with E-state index in [0.29, 0.717) is 44.0 Å². The van der Waals surface area contributed by atoms with E-state index in [1.807, 2.05) is 18.2 Å². The number of hydrogen-bond donors (Lipinski definition) is 2. The first-order valence-corrected chi connectivity index (χ1v) is 10.0. The molecule has 0 unspecified atom stereocenters. The van der Waals surface area contributed by atoms with E-state index in [4.69, 9.17) is 14.2 Å². The third kappa shape index (κ3) is 5.49. The van der Waals surface area contributed by atoms with E-state index in [-0.39, 0.29) is 18.6 Å². The maximum Gasteiger partial charge on any atom is 0.238 e. The summed E-state index contributed by atoms with van der Waals surface area (Å²) in [5.74, 6) is 1.33. The molecule has 1 fully saturated rings. The minimum absolute atomic E-state index is 0.0580. The molecule has 2 aliphatic rings. The van der Waals surface area contributed by atoms with Crippen LogP contribution in [-0.4, -0.2) is 56.4 Å². The van der Waals surface area contributed by atoms with Gasteiger partial charge in [0.15, 0.2) is 11.5 Å². The highest BCUT2D eigenvalue weighted by atomic mass is 16.7. The SMILES string of the molecule is O=C(CCc1ccc2c(c1)OCO2)Nc1ccc(NC(=O)CN2CCOCC2)cc1. The van der Waals surface area contributed by atoms with Gasteiger partial charge in [-0.15, -0.1) is 0 Å². The van der Waals surface area contributed by atoms with Crippen molar-refractivity contribution in [1.82, 2.24) is 4.90 Å². The van der Waals surface area contributed by atoms with E-state index in [9.17, 15) is 9.59 Å². The normalized spacial score (nSPS) is 15.6. The molecule has 4 rings (SSSR count). The van der Waals surface area contributed by atoms with Gasteiger partial charge in [0.1, 0.15) is 0 Å². The molecule has 8 heteroatoms. The summed E-state index contributed by atoms with van der Waals surface area (Å²) in [6.45, 7) is 3.45. The average Bonchev–Trinajstić information content (AvgIpc) is 3.22. The molecular weight excluding hydrogens is 386 g/mol. The third-order valence-corrected chi connectivity index (χ3v) is 5.00. The second kappa shape index (κ2) is 9.60. The van der Waals surface area contributed by atoms with Gasteiger partial charge in [0.25, 0.3) is 0 Å². The number of amides is 2. The van der Waals surface area contributed by atoms with E-state index in [0.717, 1.165) is 30.2 Å². The molecule has 2 aromatic rings. The fraction of sp³-hybridized carbons (Fsp3) is 0.364. The quantitative estimate of drug-likeness (QED) is 0.727. The summed E-state index contributed by atoms with van der Waals surface area (Å²) in [6, 6.07) is 12.8. The van der Waals surface area contributed by atoms with Crippen LogP contribution in [0.5, 0.6) is 11.5 Å². The van der Waals surface area contributed by atoms with E-state index in [1.54, 1.807) is 24.3 Å². The smallest absolute Gasteiger partial charge is 0.238 e. The number of nitrogens with one attached hydrogen (secondary N) is 2. The summed E-state index contributed by atoms with van der Waals surface area (Å²) >= 11 is 0. The molecular formula is C22H25N3O5. The summed E-state index contributed by atoms with van der Waals surface area (Å²) in [4.78, 5) is 26.5. The minimum atomic E-state index is -0.0724. The Hall–Kier alpha value is -3.10. The molecule has 0 bridgehead atoms. The summed E-state index contributed by atoms with van der Waals surface area (Å²) in [5, 5.41) is 5.76. The molecule has 2 amide bonds. The lowest BCUT2D eigenvalue weighted by Gasteiger charge is -2.25. The summed E-state index contributed by atoms with van der Waals surface area (Å²) in [7, 11) is 0. The number of ether oxygens (including phenoxy) is 3. The third-order valence-electron chi connectivity index (χ3n) is 5.00. The maximum atomic E-state index is 12.3. The van der Waals surface area contributed by atoms with Crippen LogP contribution in [0.25, 0.3) is 0 Å². The monoisotopic (exact) mass is 411 g/mol. The Bertz CT molecular complexity index is 894. The van der Waals surface area contributed by atoms with Crippen LogP contribution < -0.4 is 20.1 Å². The molecule has 0 saturated carbocycles. The number of anilines is 2. The van der Waals surface area contributed by atoms with Crippen molar-refractivity contribution >= 4 is 23.2 Å². The molecule has 158 valence electrons. The maximum absolute atomic E-state index is 12.3. The minimum Gasteiger partial charge on any atom is -0.454 e. The lowest BCUT2D eigenvalue weighted by atomic mass is 10.1. The van der Waals surface area contributed by atoms with Gasteiger partial charge in [-0.1, -0.05) is 6.07 Å². The van der Waals surface area contributed by atoms with Gasteiger partial charge in [0.2, 0.25) is 18.6 Å². The van der Waals surface area contributed by atoms with Crippen LogP contribution in [0.4, 0.5) is 11.4 Å². The van der Waals surface area contributed by atoms with Crippen LogP contribution in [-0.2, 0) is 20.7 Å². The van der Waals surface area contributed by atoms with Gasteiger partial charge in [-0.25, -0.2) is 0 Å². The number of aryl methyl sites for hydroxylation is 1. The predicted octanol–water partition coefficient (Wildman–Crippen LogP) is 2.26. The van der Waals surface area contributed by atoms with Gasteiger partial charge >= 0.3 is 0 Å². The molecule has 30 heavy (non-hydrogen) atoms. The molecule has 0 aliphatic carbocycles. The van der Waals surface area contributed by atoms with Crippen LogP contribution in [0.1, 0.15) is 12.0 Å². The van der Waals surface area contributed by atoms with Crippen molar-refractivity contribution in [3.63, 3.8) is 0 Å². The van der Waals surface area contributed by atoms with Crippen LogP contribution in [0.15, 0.2) is 42.5 Å². The first-order valence-electron chi connectivity index (χ1n) is 10.0. The lowest BCUT2D eigenvalue weighted by molar-refractivity contribution is -0.118. The zero-order chi connectivity index (χ0) is 20.8. The van der Waals surface area contributed by atoms with Crippen LogP contribution in [0.3, 0.4) is 0 Å². The van der Waals surface area contributed by atoms with Gasteiger partial charge in [0, 0.05) is 30.9 Å². The molecule has 8 nitrogen and oxygen atoms in total. The fourth-order valence-electron chi connectivity index (χ4n) is 3.38. The van der Waals surface area contributed by atoms with Crippen molar-refractivity contribution in [2.24, 2.45) is 0 Å². The van der Waals surface area contributed by atoms with Crippen molar-refractivity contribution < 1.29 is 23.8 Å². The van der Waals surface area contributed by atoms with Gasteiger partial charge in [-0.05, 0) is 48.4 Å². The molecule has 2 N–H and O–H groups in total. The number of carbonyl (C=O) groups excluding carboxylic acids is 2. The van der Waals surface area contributed by atoms with Gasteiger partial charge in [-0.3, -0.25) is 14.5 Å². The Morgan fingerprint density at radius 1 is 0.867 bits per heavy atom. The summed E-state index contributed by atoms with van der Waals surface area (Å²) < 4.78 is 15.9. The number of fused-ring (bicyclic) bond motifs is 1. The Morgan fingerprint density at radius 3 is 2.27 bits per heavy atom. The van der Waals surface area contributed by atoms with Crippen LogP contribution >= 0.6 is 0 Å². The molecule has 2 heterocycles. The Balaban J connectivity index is 1.21. The number of benzene rings is 2. The van der Waals surface area contributed by atoms with Crippen molar-refractivity contribution in [3.05, 3.63) is 48.0 Å². The number of nitrogens with zero attached hydrogens (tertiary/aromatic N) is 1. The number of carbonyl (C=O) groups is 2. The molecule has 0 aromatic heterocycles. The lowest BCUT2D eigenvalue weighted by Crippen LogP contribution is -2.41. The number of rotatable bonds is 7. The fourth-order valence-corrected chi connectivity index (χ4v) is 3.38. The Labute approximate surface area is 175 Å². The highest BCUT2D eigenvalue weighted by Gasteiger charge is 2.15. The van der Waals surface area contributed by atoms with Crippen molar-refractivity contribution in [2.45, 2.75) is 12.8 Å². The molecule has 0 radical (unpaired) electrons. The van der Waals surface area contributed by atoms with Gasteiger partial charge in [-0.2, -0.15) is 0 Å². The second-order valence-electron chi connectivity index (χ2n) is 7.25. The van der Waals surface area contributed by atoms with Crippen molar-refractivity contribution in [2.75, 3.05) is 50.3 Å². The Kier molecular flexibility index (Phi) is 6.46. The van der Waals surface area contributed by atoms with E-state index < -0.39 is 0 Å². The highest BCUT2D eigenvalue weighted by molar-refractivity contribution is 5.93. The van der Waals surface area contributed by atoms with Crippen molar-refractivity contribution in [3.8, 4) is 11.5 Å². The summed E-state index contributed by atoms with van der Waals surface area (Å²) in [6.07, 6.45) is 0.968. The molecule has 2 aromatic carbocycles. The predicted molar refractivity (Wildman–Crippen MR) is 112 cm³/mol. The standard InChI is InChI=1S/C22H25N3O5/c26-21(8-2-16-1-7-19-20(13-16)30-15-29-19)23-17-3-5-18(6-4-17)24-22(27)14-25-9-11-28-12-10-25/h1,3-7,13H,2,8-12,14-15H2,(H,23,26)(H,24,27). The molecule has 1 saturated heterocycles. The zero-order valence-corrected chi connectivity index (χ0v) is 16.7. The van der Waals surface area contributed by atoms with Crippen molar-refractivity contribution in [1.29, 1.82) is 0 Å². The summed E-state index contributed by atoms with van der Waals surface area (Å²) in [5.41, 5.74) is 2.41. The van der Waals surface area contributed by atoms with E-state index in [1.165, 1.54) is 0 Å². The largest absolute Gasteiger partial charge is 0.454 e. The molecule has 0 spiro atoms. The second-order valence-corrected chi connectivity index (χ2v) is 7.25. The highest BCUT2D eigenvalue weighted by Crippen LogP contribution is 2.32. The van der Waals surface area contributed by atoms with Gasteiger partial charge in [0.05, 0.1) is 19.8 Å². The number of hydrogen-bond acceptors (Lipinski definition) is 6. The molecule has 2 aliphatic heterocycles. The van der Waals surface area contributed by atoms with E-state index >= 15 is 0 Å². The van der Waals surface area contributed by atoms with Gasteiger partial charge < -0.3 is 24.8 Å². The number of morpholine rings is 1. The first-order chi connectivity index (χ1) is 14.7. The van der Waals surface area contributed by atoms with Crippen LogP contribution in [0.2, 0.25) is 0 Å².